The number of guanidine groups is 1. The molecule has 0 amide bonds. The van der Waals surface area contributed by atoms with Crippen molar-refractivity contribution in [1.29, 1.82) is 0 Å². The molecule has 0 aliphatic rings. The highest BCUT2D eigenvalue weighted by Crippen LogP contribution is 1.98. The lowest BCUT2D eigenvalue weighted by atomic mass is 10.3. The van der Waals surface area contributed by atoms with Crippen molar-refractivity contribution in [2.75, 3.05) is 31.6 Å². The third kappa shape index (κ3) is 14.3. The smallest absolute Gasteiger partial charge is 0.191 e. The summed E-state index contributed by atoms with van der Waals surface area (Å²) in [5.74, 6) is 2.22. The van der Waals surface area contributed by atoms with Crippen molar-refractivity contribution < 1.29 is 0 Å². The van der Waals surface area contributed by atoms with Gasteiger partial charge in [-0.2, -0.15) is 11.8 Å². The van der Waals surface area contributed by atoms with E-state index in [0.29, 0.717) is 0 Å². The summed E-state index contributed by atoms with van der Waals surface area (Å²) in [5, 5.41) is 6.61. The van der Waals surface area contributed by atoms with E-state index >= 15 is 0 Å². The number of unbranched alkanes of at least 4 members (excludes halogenated alkanes) is 2. The molecule has 0 aromatic rings. The maximum atomic E-state index is 4.54. The van der Waals surface area contributed by atoms with E-state index in [1.54, 1.807) is 0 Å². The summed E-state index contributed by atoms with van der Waals surface area (Å²) < 4.78 is 0. The van der Waals surface area contributed by atoms with Crippen LogP contribution in [0.5, 0.6) is 0 Å². The average molecular weight is 373 g/mol. The zero-order chi connectivity index (χ0) is 12.1. The molecule has 0 rings (SSSR count). The van der Waals surface area contributed by atoms with E-state index in [-0.39, 0.29) is 24.0 Å². The molecule has 104 valence electrons. The van der Waals surface area contributed by atoms with E-state index in [0.717, 1.165) is 25.6 Å². The Morgan fingerprint density at radius 1 is 1.12 bits per heavy atom. The maximum absolute atomic E-state index is 4.54. The van der Waals surface area contributed by atoms with Crippen LogP contribution in [0, 0.1) is 0 Å². The molecule has 0 saturated heterocycles. The lowest BCUT2D eigenvalue weighted by Crippen LogP contribution is -2.37. The highest BCUT2D eigenvalue weighted by molar-refractivity contribution is 14.0. The van der Waals surface area contributed by atoms with Gasteiger partial charge in [-0.1, -0.05) is 13.3 Å². The third-order valence-electron chi connectivity index (χ3n) is 2.19. The van der Waals surface area contributed by atoms with Gasteiger partial charge in [0.05, 0.1) is 0 Å². The number of aliphatic imine (C=N–C) groups is 1. The van der Waals surface area contributed by atoms with Gasteiger partial charge in [0.15, 0.2) is 5.96 Å². The van der Waals surface area contributed by atoms with E-state index in [1.807, 2.05) is 11.8 Å². The Morgan fingerprint density at radius 2 is 1.88 bits per heavy atom. The largest absolute Gasteiger partial charge is 0.357 e. The number of halogens is 1. The molecule has 0 radical (unpaired) electrons. The Morgan fingerprint density at radius 3 is 2.47 bits per heavy atom. The fourth-order valence-corrected chi connectivity index (χ4v) is 1.77. The number of rotatable bonds is 9. The lowest BCUT2D eigenvalue weighted by molar-refractivity contribution is 0.724. The summed E-state index contributed by atoms with van der Waals surface area (Å²) in [7, 11) is 0. The van der Waals surface area contributed by atoms with Crippen LogP contribution in [0.15, 0.2) is 4.99 Å². The van der Waals surface area contributed by atoms with Crippen molar-refractivity contribution in [2.24, 2.45) is 4.99 Å². The molecule has 0 bridgehead atoms. The predicted octanol–water partition coefficient (Wildman–Crippen LogP) is 3.10. The molecule has 0 saturated carbocycles. The summed E-state index contributed by atoms with van der Waals surface area (Å²) >= 11 is 1.91. The SMILES string of the molecule is CCCCNC(=NCCCCSC)NCC.I. The Bertz CT molecular complexity index is 177. The number of hydrogen-bond donors (Lipinski definition) is 2. The van der Waals surface area contributed by atoms with Gasteiger partial charge in [0.1, 0.15) is 0 Å². The molecule has 3 nitrogen and oxygen atoms in total. The monoisotopic (exact) mass is 373 g/mol. The first-order valence-corrected chi connectivity index (χ1v) is 7.75. The Balaban J connectivity index is 0. The molecule has 2 N–H and O–H groups in total. The summed E-state index contributed by atoms with van der Waals surface area (Å²) in [5.41, 5.74) is 0. The maximum Gasteiger partial charge on any atom is 0.191 e. The minimum absolute atomic E-state index is 0. The zero-order valence-corrected chi connectivity index (χ0v) is 14.6. The van der Waals surface area contributed by atoms with Crippen LogP contribution in [0.1, 0.15) is 39.5 Å². The van der Waals surface area contributed by atoms with E-state index in [9.17, 15) is 0 Å². The first kappa shape index (κ1) is 19.7. The number of hydrogen-bond acceptors (Lipinski definition) is 2. The van der Waals surface area contributed by atoms with Crippen LogP contribution in [0.25, 0.3) is 0 Å². The van der Waals surface area contributed by atoms with E-state index in [4.69, 9.17) is 0 Å². The summed E-state index contributed by atoms with van der Waals surface area (Å²) in [4.78, 5) is 4.54. The van der Waals surface area contributed by atoms with Crippen LogP contribution in [0.2, 0.25) is 0 Å². The Kier molecular flexibility index (Phi) is 18.9. The van der Waals surface area contributed by atoms with Gasteiger partial charge in [-0.3, -0.25) is 4.99 Å². The van der Waals surface area contributed by atoms with Gasteiger partial charge in [0.25, 0.3) is 0 Å². The Labute approximate surface area is 128 Å². The summed E-state index contributed by atoms with van der Waals surface area (Å²) in [6, 6.07) is 0. The van der Waals surface area contributed by atoms with Crippen molar-refractivity contribution in [3.8, 4) is 0 Å². The molecular formula is C12H28IN3S. The molecule has 0 unspecified atom stereocenters. The van der Waals surface area contributed by atoms with Crippen LogP contribution < -0.4 is 10.6 Å². The molecule has 0 fully saturated rings. The normalized spacial score (nSPS) is 10.9. The van der Waals surface area contributed by atoms with Crippen LogP contribution in [0.4, 0.5) is 0 Å². The lowest BCUT2D eigenvalue weighted by Gasteiger charge is -2.10. The van der Waals surface area contributed by atoms with Crippen molar-refractivity contribution in [3.63, 3.8) is 0 Å². The highest BCUT2D eigenvalue weighted by Gasteiger charge is 1.95. The molecule has 5 heteroatoms. The van der Waals surface area contributed by atoms with Crippen LogP contribution in [-0.2, 0) is 0 Å². The van der Waals surface area contributed by atoms with Gasteiger partial charge in [0, 0.05) is 19.6 Å². The van der Waals surface area contributed by atoms with E-state index in [2.05, 4.69) is 35.7 Å². The molecule has 0 spiro atoms. The second-order valence-electron chi connectivity index (χ2n) is 3.74. The second-order valence-corrected chi connectivity index (χ2v) is 4.73. The third-order valence-corrected chi connectivity index (χ3v) is 2.89. The van der Waals surface area contributed by atoms with Crippen LogP contribution in [-0.4, -0.2) is 37.6 Å². The van der Waals surface area contributed by atoms with Crippen LogP contribution >= 0.6 is 35.7 Å². The summed E-state index contributed by atoms with van der Waals surface area (Å²) in [6.07, 6.45) is 7.03. The van der Waals surface area contributed by atoms with Crippen molar-refractivity contribution in [1.82, 2.24) is 10.6 Å². The molecular weight excluding hydrogens is 345 g/mol. The molecule has 0 atom stereocenters. The number of nitrogens with zero attached hydrogens (tertiary/aromatic N) is 1. The molecule has 0 heterocycles. The number of thioether (sulfide) groups is 1. The van der Waals surface area contributed by atoms with Gasteiger partial charge in [-0.05, 0) is 38.2 Å². The standard InChI is InChI=1S/C12H27N3S.HI/c1-4-6-9-14-12(13-5-2)15-10-7-8-11-16-3;/h4-11H2,1-3H3,(H2,13,14,15);1H. The van der Waals surface area contributed by atoms with Gasteiger partial charge in [0.2, 0.25) is 0 Å². The second kappa shape index (κ2) is 16.4. The Hall–Kier alpha value is 0.350. The average Bonchev–Trinajstić information content (AvgIpc) is 2.29. The molecule has 0 aromatic carbocycles. The van der Waals surface area contributed by atoms with Crippen LogP contribution in [0.3, 0.4) is 0 Å². The van der Waals surface area contributed by atoms with Gasteiger partial charge in [-0.25, -0.2) is 0 Å². The number of nitrogens with one attached hydrogen (secondary N) is 2. The molecule has 0 aliphatic carbocycles. The van der Waals surface area contributed by atoms with Crippen molar-refractivity contribution in [3.05, 3.63) is 0 Å². The van der Waals surface area contributed by atoms with Crippen molar-refractivity contribution >= 4 is 41.7 Å². The molecule has 0 aromatic heterocycles. The van der Waals surface area contributed by atoms with Gasteiger partial charge < -0.3 is 10.6 Å². The minimum Gasteiger partial charge on any atom is -0.357 e. The molecule has 17 heavy (non-hydrogen) atoms. The van der Waals surface area contributed by atoms with E-state index in [1.165, 1.54) is 31.4 Å². The first-order chi connectivity index (χ1) is 7.85. The topological polar surface area (TPSA) is 36.4 Å². The summed E-state index contributed by atoms with van der Waals surface area (Å²) in [6.45, 7) is 7.19. The minimum atomic E-state index is 0. The van der Waals surface area contributed by atoms with Gasteiger partial charge in [-0.15, -0.1) is 24.0 Å². The van der Waals surface area contributed by atoms with Crippen molar-refractivity contribution in [2.45, 2.75) is 39.5 Å². The highest BCUT2D eigenvalue weighted by atomic mass is 127. The fraction of sp³-hybridized carbons (Fsp3) is 0.917. The quantitative estimate of drug-likeness (QED) is 0.282. The zero-order valence-electron chi connectivity index (χ0n) is 11.4. The first-order valence-electron chi connectivity index (χ1n) is 6.36. The molecule has 0 aliphatic heterocycles. The predicted molar refractivity (Wildman–Crippen MR) is 91.9 cm³/mol. The van der Waals surface area contributed by atoms with E-state index < -0.39 is 0 Å². The van der Waals surface area contributed by atoms with Gasteiger partial charge >= 0.3 is 0 Å². The fourth-order valence-electron chi connectivity index (χ4n) is 1.27.